The molecule has 1 saturated carbocycles. The third-order valence-corrected chi connectivity index (χ3v) is 3.10. The summed E-state index contributed by atoms with van der Waals surface area (Å²) < 4.78 is 0. The largest absolute Gasteiger partial charge is 0.301 e. The topological polar surface area (TPSA) is 3.24 Å². The molecule has 2 atom stereocenters. The van der Waals surface area contributed by atoms with Crippen molar-refractivity contribution in [2.45, 2.75) is 52.5 Å². The standard InChI is InChI=1S/C11H23N/c1-4-8-12(5-2)11-7-6-10(3)9-11/h10-11H,4-9H2,1-3H3. The second kappa shape index (κ2) is 4.86. The van der Waals surface area contributed by atoms with Gasteiger partial charge in [-0.2, -0.15) is 0 Å². The first-order valence-electron chi connectivity index (χ1n) is 5.52. The molecule has 0 N–H and O–H groups in total. The van der Waals surface area contributed by atoms with Crippen LogP contribution in [0.1, 0.15) is 46.5 Å². The van der Waals surface area contributed by atoms with Crippen molar-refractivity contribution < 1.29 is 0 Å². The minimum atomic E-state index is 0.907. The van der Waals surface area contributed by atoms with Crippen molar-refractivity contribution in [2.24, 2.45) is 5.92 Å². The van der Waals surface area contributed by atoms with Crippen LogP contribution < -0.4 is 0 Å². The Hall–Kier alpha value is -0.0400. The molecule has 12 heavy (non-hydrogen) atoms. The van der Waals surface area contributed by atoms with E-state index < -0.39 is 0 Å². The second-order valence-electron chi connectivity index (χ2n) is 4.20. The summed E-state index contributed by atoms with van der Waals surface area (Å²) in [5, 5.41) is 0. The number of nitrogens with zero attached hydrogens (tertiary/aromatic N) is 1. The van der Waals surface area contributed by atoms with Gasteiger partial charge in [0, 0.05) is 6.04 Å². The first-order valence-corrected chi connectivity index (χ1v) is 5.52. The minimum Gasteiger partial charge on any atom is -0.301 e. The molecule has 0 saturated heterocycles. The Morgan fingerprint density at radius 1 is 1.25 bits per heavy atom. The Labute approximate surface area is 77.1 Å². The van der Waals surface area contributed by atoms with E-state index >= 15 is 0 Å². The maximum atomic E-state index is 2.66. The quantitative estimate of drug-likeness (QED) is 0.625. The maximum absolute atomic E-state index is 2.66. The average Bonchev–Trinajstić information content (AvgIpc) is 2.47. The summed E-state index contributed by atoms with van der Waals surface area (Å²) in [4.78, 5) is 2.66. The first-order chi connectivity index (χ1) is 5.77. The zero-order chi connectivity index (χ0) is 8.97. The fraction of sp³-hybridized carbons (Fsp3) is 1.00. The molecule has 0 amide bonds. The normalized spacial score (nSPS) is 30.0. The highest BCUT2D eigenvalue weighted by Crippen LogP contribution is 2.28. The Bertz CT molecular complexity index is 120. The van der Waals surface area contributed by atoms with Gasteiger partial charge in [0.2, 0.25) is 0 Å². The number of rotatable bonds is 4. The van der Waals surface area contributed by atoms with Gasteiger partial charge in [-0.15, -0.1) is 0 Å². The van der Waals surface area contributed by atoms with Crippen LogP contribution in [0.4, 0.5) is 0 Å². The highest BCUT2D eigenvalue weighted by atomic mass is 15.1. The lowest BCUT2D eigenvalue weighted by atomic mass is 10.1. The van der Waals surface area contributed by atoms with Crippen molar-refractivity contribution in [3.8, 4) is 0 Å². The highest BCUT2D eigenvalue weighted by molar-refractivity contribution is 4.80. The van der Waals surface area contributed by atoms with Gasteiger partial charge in [0.25, 0.3) is 0 Å². The predicted octanol–water partition coefficient (Wildman–Crippen LogP) is 2.91. The molecule has 0 aliphatic heterocycles. The van der Waals surface area contributed by atoms with Crippen molar-refractivity contribution in [2.75, 3.05) is 13.1 Å². The van der Waals surface area contributed by atoms with Gasteiger partial charge in [-0.05, 0) is 44.7 Å². The van der Waals surface area contributed by atoms with Crippen molar-refractivity contribution in [1.82, 2.24) is 4.90 Å². The second-order valence-corrected chi connectivity index (χ2v) is 4.20. The molecule has 0 bridgehead atoms. The van der Waals surface area contributed by atoms with Crippen molar-refractivity contribution >= 4 is 0 Å². The van der Waals surface area contributed by atoms with E-state index in [-0.39, 0.29) is 0 Å². The van der Waals surface area contributed by atoms with E-state index in [4.69, 9.17) is 0 Å². The molecule has 0 aromatic heterocycles. The molecular formula is C11H23N. The van der Waals surface area contributed by atoms with E-state index in [1.807, 2.05) is 0 Å². The van der Waals surface area contributed by atoms with E-state index in [9.17, 15) is 0 Å². The number of hydrogen-bond acceptors (Lipinski definition) is 1. The van der Waals surface area contributed by atoms with Gasteiger partial charge in [-0.25, -0.2) is 0 Å². The zero-order valence-electron chi connectivity index (χ0n) is 8.84. The molecule has 1 aliphatic rings. The SMILES string of the molecule is CCCN(CC)C1CCC(C)C1. The van der Waals surface area contributed by atoms with E-state index in [0.717, 1.165) is 12.0 Å². The van der Waals surface area contributed by atoms with E-state index in [2.05, 4.69) is 25.7 Å². The molecule has 72 valence electrons. The Kier molecular flexibility index (Phi) is 4.07. The van der Waals surface area contributed by atoms with Crippen LogP contribution in [-0.4, -0.2) is 24.0 Å². The molecule has 0 heterocycles. The third kappa shape index (κ3) is 2.48. The molecule has 1 aliphatic carbocycles. The van der Waals surface area contributed by atoms with E-state index in [1.54, 1.807) is 0 Å². The smallest absolute Gasteiger partial charge is 0.00977 e. The third-order valence-electron chi connectivity index (χ3n) is 3.10. The molecule has 1 nitrogen and oxygen atoms in total. The van der Waals surface area contributed by atoms with Crippen LogP contribution in [0.3, 0.4) is 0 Å². The van der Waals surface area contributed by atoms with Gasteiger partial charge in [-0.1, -0.05) is 20.8 Å². The molecule has 0 aromatic rings. The summed E-state index contributed by atoms with van der Waals surface area (Å²) in [6.07, 6.45) is 5.63. The van der Waals surface area contributed by atoms with Crippen LogP contribution >= 0.6 is 0 Å². The molecule has 1 heteroatoms. The minimum absolute atomic E-state index is 0.907. The highest BCUT2D eigenvalue weighted by Gasteiger charge is 2.24. The fourth-order valence-corrected chi connectivity index (χ4v) is 2.39. The van der Waals surface area contributed by atoms with Crippen molar-refractivity contribution in [3.05, 3.63) is 0 Å². The molecular weight excluding hydrogens is 146 g/mol. The van der Waals surface area contributed by atoms with Crippen LogP contribution in [-0.2, 0) is 0 Å². The summed E-state index contributed by atoms with van der Waals surface area (Å²) in [7, 11) is 0. The van der Waals surface area contributed by atoms with Gasteiger partial charge < -0.3 is 4.90 Å². The van der Waals surface area contributed by atoms with Gasteiger partial charge in [0.15, 0.2) is 0 Å². The lowest BCUT2D eigenvalue weighted by Crippen LogP contribution is -2.33. The van der Waals surface area contributed by atoms with Crippen LogP contribution in [0.25, 0.3) is 0 Å². The summed E-state index contributed by atoms with van der Waals surface area (Å²) >= 11 is 0. The zero-order valence-corrected chi connectivity index (χ0v) is 8.84. The Balaban J connectivity index is 2.33. The van der Waals surface area contributed by atoms with Crippen LogP contribution in [0.2, 0.25) is 0 Å². The molecule has 0 aromatic carbocycles. The lowest BCUT2D eigenvalue weighted by molar-refractivity contribution is 0.206. The van der Waals surface area contributed by atoms with Crippen molar-refractivity contribution in [1.29, 1.82) is 0 Å². The van der Waals surface area contributed by atoms with E-state index in [0.29, 0.717) is 0 Å². The lowest BCUT2D eigenvalue weighted by Gasteiger charge is -2.26. The predicted molar refractivity (Wildman–Crippen MR) is 54.3 cm³/mol. The monoisotopic (exact) mass is 169 g/mol. The summed E-state index contributed by atoms with van der Waals surface area (Å²) in [5.41, 5.74) is 0. The Morgan fingerprint density at radius 2 is 2.00 bits per heavy atom. The molecule has 1 fully saturated rings. The maximum Gasteiger partial charge on any atom is 0.00977 e. The summed E-state index contributed by atoms with van der Waals surface area (Å²) in [6.45, 7) is 9.50. The summed E-state index contributed by atoms with van der Waals surface area (Å²) in [5.74, 6) is 0.973. The van der Waals surface area contributed by atoms with Crippen LogP contribution in [0.15, 0.2) is 0 Å². The molecule has 0 spiro atoms. The van der Waals surface area contributed by atoms with E-state index in [1.165, 1.54) is 38.8 Å². The molecule has 2 unspecified atom stereocenters. The van der Waals surface area contributed by atoms with Crippen molar-refractivity contribution in [3.63, 3.8) is 0 Å². The molecule has 1 rings (SSSR count). The fourth-order valence-electron chi connectivity index (χ4n) is 2.39. The summed E-state index contributed by atoms with van der Waals surface area (Å²) in [6, 6.07) is 0.907. The first kappa shape index (κ1) is 10.0. The van der Waals surface area contributed by atoms with Gasteiger partial charge in [-0.3, -0.25) is 0 Å². The van der Waals surface area contributed by atoms with Crippen LogP contribution in [0, 0.1) is 5.92 Å². The van der Waals surface area contributed by atoms with Gasteiger partial charge >= 0.3 is 0 Å². The Morgan fingerprint density at radius 3 is 2.42 bits per heavy atom. The van der Waals surface area contributed by atoms with Gasteiger partial charge in [0.05, 0.1) is 0 Å². The van der Waals surface area contributed by atoms with Crippen LogP contribution in [0.5, 0.6) is 0 Å². The molecule has 0 radical (unpaired) electrons. The average molecular weight is 169 g/mol. The number of hydrogen-bond donors (Lipinski definition) is 0. The van der Waals surface area contributed by atoms with Gasteiger partial charge in [0.1, 0.15) is 0 Å².